The number of nitrogens with zero attached hydrogens (tertiary/aromatic N) is 4. The highest BCUT2D eigenvalue weighted by Crippen LogP contribution is 2.35. The highest BCUT2D eigenvalue weighted by Gasteiger charge is 2.39. The predicted octanol–water partition coefficient (Wildman–Crippen LogP) is 1.46. The van der Waals surface area contributed by atoms with Crippen molar-refractivity contribution in [1.29, 1.82) is 5.41 Å². The number of nitrogens with two attached hydrogens (primary N) is 1. The molecule has 1 fully saturated rings. The van der Waals surface area contributed by atoms with E-state index in [0.29, 0.717) is 47.9 Å². The van der Waals surface area contributed by atoms with Gasteiger partial charge in [0.15, 0.2) is 5.96 Å². The summed E-state index contributed by atoms with van der Waals surface area (Å²) in [6.45, 7) is 2.15. The van der Waals surface area contributed by atoms with Gasteiger partial charge < -0.3 is 36.3 Å². The van der Waals surface area contributed by atoms with Gasteiger partial charge in [-0.1, -0.05) is 11.6 Å². The van der Waals surface area contributed by atoms with Gasteiger partial charge in [-0.25, -0.2) is 9.97 Å². The predicted molar refractivity (Wildman–Crippen MR) is 165 cm³/mol. The van der Waals surface area contributed by atoms with E-state index in [-0.39, 0.29) is 60.1 Å². The molecule has 1 unspecified atom stereocenters. The Hall–Kier alpha value is -3.95. The molecule has 0 bridgehead atoms. The normalized spacial score (nSPS) is 16.7. The number of thiazole rings is 1. The van der Waals surface area contributed by atoms with E-state index in [1.165, 1.54) is 25.3 Å². The van der Waals surface area contributed by atoms with Gasteiger partial charge in [-0.2, -0.15) is 0 Å². The number of likely N-dealkylation sites (N-methyl/N-ethyl adjacent to an activating group) is 1. The molecular formula is C26H34Cl2N10O4S. The lowest BCUT2D eigenvalue weighted by Crippen LogP contribution is -2.45. The molecule has 0 aliphatic carbocycles. The number of halogens is 2. The molecule has 232 valence electrons. The fraction of sp³-hybridized carbons (Fsp3) is 0.423. The number of imidazole rings is 1. The van der Waals surface area contributed by atoms with Crippen molar-refractivity contribution in [2.24, 2.45) is 5.73 Å². The average molecular weight is 654 g/mol. The van der Waals surface area contributed by atoms with Gasteiger partial charge in [-0.05, 0) is 37.8 Å². The van der Waals surface area contributed by atoms with E-state index in [0.717, 1.165) is 0 Å². The molecule has 17 heteroatoms. The van der Waals surface area contributed by atoms with Gasteiger partial charge in [0, 0.05) is 50.9 Å². The summed E-state index contributed by atoms with van der Waals surface area (Å²) in [4.78, 5) is 61.5. The van der Waals surface area contributed by atoms with Crippen LogP contribution in [0.5, 0.6) is 0 Å². The molecule has 4 heterocycles. The number of nitrogens with one attached hydrogen (secondary N) is 5. The van der Waals surface area contributed by atoms with Crippen LogP contribution in [0.15, 0.2) is 29.9 Å². The third kappa shape index (κ3) is 8.55. The van der Waals surface area contributed by atoms with Crippen molar-refractivity contribution in [3.63, 3.8) is 0 Å². The van der Waals surface area contributed by atoms with Gasteiger partial charge in [-0.15, -0.1) is 23.7 Å². The number of aromatic nitrogens is 3. The molecule has 0 spiro atoms. The number of hydrogen-bond acceptors (Lipinski definition) is 8. The second kappa shape index (κ2) is 15.0. The number of carbonyl (C=O) groups excluding carboxylic acids is 4. The lowest BCUT2D eigenvalue weighted by Gasteiger charge is -2.22. The largest absolute Gasteiger partial charge is 0.370 e. The quantitative estimate of drug-likeness (QED) is 0.101. The maximum Gasteiger partial charge on any atom is 0.274 e. The van der Waals surface area contributed by atoms with E-state index in [1.54, 1.807) is 39.2 Å². The van der Waals surface area contributed by atoms with Crippen molar-refractivity contribution in [2.45, 2.75) is 50.7 Å². The summed E-state index contributed by atoms with van der Waals surface area (Å²) in [6, 6.07) is 1.81. The number of pyridine rings is 1. The van der Waals surface area contributed by atoms with Crippen LogP contribution in [0.2, 0.25) is 5.02 Å². The number of fused-ring (bicyclic) bond motifs is 1. The zero-order valence-corrected chi connectivity index (χ0v) is 25.9. The maximum atomic E-state index is 13.6. The zero-order chi connectivity index (χ0) is 30.4. The summed E-state index contributed by atoms with van der Waals surface area (Å²) >= 11 is 7.30. The molecule has 0 aromatic carbocycles. The second-order valence-electron chi connectivity index (χ2n) is 9.89. The van der Waals surface area contributed by atoms with Crippen LogP contribution in [0.3, 0.4) is 0 Å². The lowest BCUT2D eigenvalue weighted by atomic mass is 10.1. The summed E-state index contributed by atoms with van der Waals surface area (Å²) in [6.07, 6.45) is 5.32. The van der Waals surface area contributed by atoms with E-state index >= 15 is 0 Å². The smallest absolute Gasteiger partial charge is 0.274 e. The molecule has 3 aromatic heterocycles. The van der Waals surface area contributed by atoms with Crippen LogP contribution in [0.25, 0.3) is 5.65 Å². The standard InChI is InChI=1S/C26H33ClN10O4S.ClH/c1-14(38)32-16-9-20(37(11-16)25(41)18-12-36-10-15(27)6-7-21(36)33-18)24-35-19(13-42-24)23(40)34-17(22(39)30-2)5-3-4-8-31-26(28)29;/h6-7,10,12-13,16-17,20H,3-5,8-9,11H2,1-2H3,(H,30,39)(H,32,38)(H,34,40)(H4,28,29,31);1H/t16-,17?,20-;/m1./s1. The van der Waals surface area contributed by atoms with E-state index in [1.807, 2.05) is 0 Å². The van der Waals surface area contributed by atoms with Gasteiger partial charge in [-0.3, -0.25) is 24.6 Å². The number of unbranched alkanes of at least 4 members (excludes halogenated alkanes) is 1. The van der Waals surface area contributed by atoms with E-state index in [4.69, 9.17) is 22.7 Å². The van der Waals surface area contributed by atoms with Crippen molar-refractivity contribution in [1.82, 2.24) is 40.5 Å². The van der Waals surface area contributed by atoms with E-state index in [2.05, 4.69) is 31.2 Å². The van der Waals surface area contributed by atoms with Crippen molar-refractivity contribution in [3.05, 3.63) is 51.3 Å². The van der Waals surface area contributed by atoms with Crippen LogP contribution in [0, 0.1) is 5.41 Å². The summed E-state index contributed by atoms with van der Waals surface area (Å²) < 4.78 is 1.67. The molecule has 1 aliphatic heterocycles. The molecule has 4 rings (SSSR count). The van der Waals surface area contributed by atoms with Crippen molar-refractivity contribution < 1.29 is 19.2 Å². The van der Waals surface area contributed by atoms with Crippen molar-refractivity contribution in [2.75, 3.05) is 20.1 Å². The number of amides is 4. The Morgan fingerprint density at radius 2 is 1.95 bits per heavy atom. The molecule has 43 heavy (non-hydrogen) atoms. The first-order chi connectivity index (χ1) is 20.0. The topological polar surface area (TPSA) is 200 Å². The fourth-order valence-electron chi connectivity index (χ4n) is 4.82. The molecule has 1 saturated heterocycles. The van der Waals surface area contributed by atoms with Crippen LogP contribution < -0.4 is 27.0 Å². The van der Waals surface area contributed by atoms with E-state index < -0.39 is 18.0 Å². The van der Waals surface area contributed by atoms with Crippen molar-refractivity contribution >= 4 is 70.6 Å². The van der Waals surface area contributed by atoms with E-state index in [9.17, 15) is 19.2 Å². The number of carbonyl (C=O) groups is 4. The third-order valence-electron chi connectivity index (χ3n) is 6.75. The summed E-state index contributed by atoms with van der Waals surface area (Å²) in [5.74, 6) is -1.53. The SMILES string of the molecule is CNC(=O)C(CCCCNC(=N)N)NC(=O)c1csc([C@H]2C[C@@H](NC(C)=O)CN2C(=O)c2cn3cc(Cl)ccc3n2)n1.Cl. The first-order valence-corrected chi connectivity index (χ1v) is 14.6. The van der Waals surface area contributed by atoms with Crippen LogP contribution in [-0.2, 0) is 9.59 Å². The molecule has 14 nitrogen and oxygen atoms in total. The Bertz CT molecular complexity index is 1500. The van der Waals surface area contributed by atoms with Crippen LogP contribution in [0.4, 0.5) is 0 Å². The number of hydrogen-bond donors (Lipinski definition) is 6. The highest BCUT2D eigenvalue weighted by molar-refractivity contribution is 7.09. The minimum atomic E-state index is -0.776. The Labute approximate surface area is 263 Å². The number of rotatable bonds is 11. The average Bonchev–Trinajstić information content (AvgIpc) is 3.68. The maximum absolute atomic E-state index is 13.6. The lowest BCUT2D eigenvalue weighted by molar-refractivity contribution is -0.122. The van der Waals surface area contributed by atoms with Gasteiger partial charge in [0.1, 0.15) is 28.1 Å². The summed E-state index contributed by atoms with van der Waals surface area (Å²) in [7, 11) is 1.49. The van der Waals surface area contributed by atoms with Gasteiger partial charge in [0.25, 0.3) is 11.8 Å². The van der Waals surface area contributed by atoms with Crippen LogP contribution >= 0.6 is 35.3 Å². The first-order valence-electron chi connectivity index (χ1n) is 13.3. The fourth-order valence-corrected chi connectivity index (χ4v) is 5.91. The molecule has 7 N–H and O–H groups in total. The second-order valence-corrected chi connectivity index (χ2v) is 11.2. The highest BCUT2D eigenvalue weighted by atomic mass is 35.5. The van der Waals surface area contributed by atoms with Crippen LogP contribution in [-0.4, -0.2) is 81.1 Å². The molecule has 1 aliphatic rings. The molecule has 3 atom stereocenters. The summed E-state index contributed by atoms with van der Waals surface area (Å²) in [5.41, 5.74) is 6.18. The Morgan fingerprint density at radius 1 is 1.19 bits per heavy atom. The third-order valence-corrected chi connectivity index (χ3v) is 7.92. The zero-order valence-electron chi connectivity index (χ0n) is 23.6. The molecular weight excluding hydrogens is 619 g/mol. The monoisotopic (exact) mass is 652 g/mol. The number of guanidine groups is 1. The van der Waals surface area contributed by atoms with Gasteiger partial charge in [0.2, 0.25) is 11.8 Å². The molecule has 0 radical (unpaired) electrons. The molecule has 4 amide bonds. The van der Waals surface area contributed by atoms with Crippen molar-refractivity contribution in [3.8, 4) is 0 Å². The summed E-state index contributed by atoms with van der Waals surface area (Å²) in [5, 5.41) is 20.7. The molecule has 0 saturated carbocycles. The van der Waals surface area contributed by atoms with Gasteiger partial charge in [0.05, 0.1) is 11.1 Å². The van der Waals surface area contributed by atoms with Gasteiger partial charge >= 0.3 is 0 Å². The number of likely N-dealkylation sites (tertiary alicyclic amines) is 1. The minimum absolute atomic E-state index is 0. The minimum Gasteiger partial charge on any atom is -0.370 e. The Balaban J connectivity index is 0.00000506. The molecule has 3 aromatic rings. The van der Waals surface area contributed by atoms with Crippen LogP contribution in [0.1, 0.15) is 64.6 Å². The Kier molecular flexibility index (Phi) is 11.7. The Morgan fingerprint density at radius 3 is 2.65 bits per heavy atom. The first kappa shape index (κ1) is 33.6.